The van der Waals surface area contributed by atoms with Gasteiger partial charge in [0, 0.05) is 36.2 Å². The van der Waals surface area contributed by atoms with Gasteiger partial charge >= 0.3 is 0 Å². The molecule has 3 aromatic rings. The summed E-state index contributed by atoms with van der Waals surface area (Å²) in [6, 6.07) is 6.56. The molecule has 8 heteroatoms. The molecule has 3 heterocycles. The molecule has 2 fully saturated rings. The summed E-state index contributed by atoms with van der Waals surface area (Å²) in [5, 5.41) is 12.0. The monoisotopic (exact) mass is 405 g/mol. The Morgan fingerprint density at radius 2 is 1.93 bits per heavy atom. The number of hydrogen-bond donors (Lipinski definition) is 1. The molecule has 5 rings (SSSR count). The van der Waals surface area contributed by atoms with Gasteiger partial charge in [0.1, 0.15) is 5.69 Å². The van der Waals surface area contributed by atoms with Crippen LogP contribution in [0.1, 0.15) is 38.5 Å². The molecule has 1 aliphatic heterocycles. The molecule has 30 heavy (non-hydrogen) atoms. The van der Waals surface area contributed by atoms with Crippen molar-refractivity contribution in [2.24, 2.45) is 13.0 Å². The van der Waals surface area contributed by atoms with Crippen LogP contribution in [0.2, 0.25) is 0 Å². The molecule has 0 atom stereocenters. The maximum atomic E-state index is 12.8. The third-order valence-electron chi connectivity index (χ3n) is 6.44. The van der Waals surface area contributed by atoms with Crippen LogP contribution in [-0.4, -0.2) is 54.9 Å². The van der Waals surface area contributed by atoms with Gasteiger partial charge in [0.25, 0.3) is 0 Å². The zero-order valence-electron chi connectivity index (χ0n) is 17.3. The molecule has 2 aromatic heterocycles. The number of aromatic nitrogens is 5. The molecule has 156 valence electrons. The molecule has 2 aliphatic rings. The van der Waals surface area contributed by atoms with Gasteiger partial charge in [0.2, 0.25) is 11.9 Å². The number of aryl methyl sites for hydroxylation is 1. The normalized spacial score (nSPS) is 22.4. The average Bonchev–Trinajstić information content (AvgIpc) is 3.45. The van der Waals surface area contributed by atoms with Gasteiger partial charge < -0.3 is 4.90 Å². The van der Waals surface area contributed by atoms with E-state index in [1.807, 2.05) is 31.4 Å². The van der Waals surface area contributed by atoms with E-state index < -0.39 is 0 Å². The topological polar surface area (TPSA) is 88.8 Å². The van der Waals surface area contributed by atoms with Crippen LogP contribution in [0, 0.1) is 5.92 Å². The Balaban J connectivity index is 1.26. The molecular weight excluding hydrogens is 378 g/mol. The summed E-state index contributed by atoms with van der Waals surface area (Å²) < 4.78 is 1.67. The summed E-state index contributed by atoms with van der Waals surface area (Å²) in [6.45, 7) is 2.45. The van der Waals surface area contributed by atoms with E-state index in [0.717, 1.165) is 47.8 Å². The highest BCUT2D eigenvalue weighted by atomic mass is 16.2. The van der Waals surface area contributed by atoms with Crippen molar-refractivity contribution in [1.82, 2.24) is 29.9 Å². The van der Waals surface area contributed by atoms with Crippen molar-refractivity contribution < 1.29 is 4.79 Å². The number of carbonyl (C=O) groups is 1. The van der Waals surface area contributed by atoms with E-state index in [0.29, 0.717) is 12.0 Å². The molecule has 0 spiro atoms. The van der Waals surface area contributed by atoms with Crippen molar-refractivity contribution >= 4 is 22.8 Å². The van der Waals surface area contributed by atoms with Gasteiger partial charge in [-0.25, -0.2) is 9.97 Å². The lowest BCUT2D eigenvalue weighted by Gasteiger charge is -2.33. The quantitative estimate of drug-likeness (QED) is 0.718. The average molecular weight is 406 g/mol. The molecule has 8 nitrogen and oxygen atoms in total. The highest BCUT2D eigenvalue weighted by molar-refractivity contribution is 5.92. The number of fused-ring (bicyclic) bond motifs is 1. The van der Waals surface area contributed by atoms with Crippen molar-refractivity contribution in [2.75, 3.05) is 18.4 Å². The minimum atomic E-state index is 0.0410. The van der Waals surface area contributed by atoms with Crippen LogP contribution < -0.4 is 5.32 Å². The number of nitrogens with one attached hydrogen (secondary N) is 1. The van der Waals surface area contributed by atoms with Crippen LogP contribution in [0.25, 0.3) is 22.2 Å². The number of carbonyl (C=O) groups excluding carboxylic acids is 1. The van der Waals surface area contributed by atoms with Gasteiger partial charge in [0.15, 0.2) is 0 Å². The minimum absolute atomic E-state index is 0.0410. The largest absolute Gasteiger partial charge is 0.300 e. The third-order valence-corrected chi connectivity index (χ3v) is 6.44. The zero-order valence-corrected chi connectivity index (χ0v) is 17.3. The summed E-state index contributed by atoms with van der Waals surface area (Å²) in [5.41, 5.74) is 2.51. The molecule has 1 N–H and O–H groups in total. The molecule has 1 amide bonds. The highest BCUT2D eigenvalue weighted by Gasteiger charge is 2.30. The van der Waals surface area contributed by atoms with Gasteiger partial charge in [-0.05, 0) is 57.7 Å². The third kappa shape index (κ3) is 3.92. The Hall–Kier alpha value is -2.87. The Morgan fingerprint density at radius 3 is 2.67 bits per heavy atom. The summed E-state index contributed by atoms with van der Waals surface area (Å²) >= 11 is 0. The molecule has 1 saturated carbocycles. The molecule has 1 saturated heterocycles. The number of hydrogen-bond acceptors (Lipinski definition) is 6. The van der Waals surface area contributed by atoms with Gasteiger partial charge in [-0.3, -0.25) is 14.8 Å². The van der Waals surface area contributed by atoms with Crippen LogP contribution in [0.3, 0.4) is 0 Å². The Labute approximate surface area is 175 Å². The van der Waals surface area contributed by atoms with Gasteiger partial charge in [-0.1, -0.05) is 17.3 Å². The first-order valence-electron chi connectivity index (χ1n) is 10.8. The standard InChI is InChI=1S/C22H27N7O/c1-28-14-20(26-27-28)16-4-5-17-13-23-22(24-19(17)12-16)25-21(30)15-6-8-18(9-7-15)29-10-2-3-11-29/h4-5,12-15,18H,2-3,6-11H2,1H3,(H,23,24,25,30). The van der Waals surface area contributed by atoms with E-state index in [1.165, 1.54) is 25.9 Å². The van der Waals surface area contributed by atoms with Crippen molar-refractivity contribution in [3.05, 3.63) is 30.6 Å². The second kappa shape index (κ2) is 8.10. The molecule has 0 radical (unpaired) electrons. The van der Waals surface area contributed by atoms with Crippen LogP contribution >= 0.6 is 0 Å². The highest BCUT2D eigenvalue weighted by Crippen LogP contribution is 2.30. The van der Waals surface area contributed by atoms with E-state index in [9.17, 15) is 4.79 Å². The SMILES string of the molecule is Cn1cc(-c2ccc3cnc(NC(=O)C4CCC(N5CCCC5)CC4)nc3c2)nn1. The molecule has 0 bridgehead atoms. The molecule has 1 aliphatic carbocycles. The summed E-state index contributed by atoms with van der Waals surface area (Å²) in [6.07, 6.45) is 10.4. The van der Waals surface area contributed by atoms with E-state index >= 15 is 0 Å². The zero-order chi connectivity index (χ0) is 20.5. The van der Waals surface area contributed by atoms with Crippen molar-refractivity contribution in [3.8, 4) is 11.3 Å². The fourth-order valence-corrected chi connectivity index (χ4v) is 4.74. The second-order valence-corrected chi connectivity index (χ2v) is 8.48. The molecular formula is C22H27N7O. The fraction of sp³-hybridized carbons (Fsp3) is 0.500. The predicted octanol–water partition coefficient (Wildman–Crippen LogP) is 3.02. The van der Waals surface area contributed by atoms with Crippen molar-refractivity contribution in [1.29, 1.82) is 0 Å². The lowest BCUT2D eigenvalue weighted by atomic mass is 9.85. The number of anilines is 1. The lowest BCUT2D eigenvalue weighted by Crippen LogP contribution is -2.38. The fourth-order valence-electron chi connectivity index (χ4n) is 4.74. The summed E-state index contributed by atoms with van der Waals surface area (Å²) in [5.74, 6) is 0.457. The van der Waals surface area contributed by atoms with Gasteiger partial charge in [-0.2, -0.15) is 0 Å². The van der Waals surface area contributed by atoms with Crippen LogP contribution in [0.15, 0.2) is 30.6 Å². The summed E-state index contributed by atoms with van der Waals surface area (Å²) in [4.78, 5) is 24.3. The minimum Gasteiger partial charge on any atom is -0.300 e. The number of likely N-dealkylation sites (tertiary alicyclic amines) is 1. The first-order chi connectivity index (χ1) is 14.7. The van der Waals surface area contributed by atoms with E-state index in [2.05, 4.69) is 30.5 Å². The van der Waals surface area contributed by atoms with Crippen LogP contribution in [-0.2, 0) is 11.8 Å². The summed E-state index contributed by atoms with van der Waals surface area (Å²) in [7, 11) is 1.84. The first kappa shape index (κ1) is 19.1. The van der Waals surface area contributed by atoms with Gasteiger partial charge in [-0.15, -0.1) is 5.10 Å². The molecule has 0 unspecified atom stereocenters. The number of rotatable bonds is 4. The number of benzene rings is 1. The second-order valence-electron chi connectivity index (χ2n) is 8.48. The van der Waals surface area contributed by atoms with Crippen molar-refractivity contribution in [3.63, 3.8) is 0 Å². The maximum Gasteiger partial charge on any atom is 0.229 e. The van der Waals surface area contributed by atoms with Crippen LogP contribution in [0.4, 0.5) is 5.95 Å². The van der Waals surface area contributed by atoms with Crippen molar-refractivity contribution in [2.45, 2.75) is 44.6 Å². The lowest BCUT2D eigenvalue weighted by molar-refractivity contribution is -0.121. The number of nitrogens with zero attached hydrogens (tertiary/aromatic N) is 6. The van der Waals surface area contributed by atoms with Crippen LogP contribution in [0.5, 0.6) is 0 Å². The first-order valence-corrected chi connectivity index (χ1v) is 10.8. The Bertz CT molecular complexity index is 1050. The van der Waals surface area contributed by atoms with E-state index in [1.54, 1.807) is 10.9 Å². The molecule has 1 aromatic carbocycles. The smallest absolute Gasteiger partial charge is 0.229 e. The Morgan fingerprint density at radius 1 is 1.13 bits per heavy atom. The number of amides is 1. The van der Waals surface area contributed by atoms with E-state index in [-0.39, 0.29) is 11.8 Å². The van der Waals surface area contributed by atoms with Gasteiger partial charge in [0.05, 0.1) is 11.7 Å². The van der Waals surface area contributed by atoms with E-state index in [4.69, 9.17) is 0 Å². The predicted molar refractivity (Wildman–Crippen MR) is 115 cm³/mol. The Kier molecular flexibility index (Phi) is 5.16. The maximum absolute atomic E-state index is 12.8.